The lowest BCUT2D eigenvalue weighted by Gasteiger charge is -2.23. The average Bonchev–Trinajstić information content (AvgIpc) is 2.85. The predicted molar refractivity (Wildman–Crippen MR) is 78.9 cm³/mol. The number of likely N-dealkylation sites (tertiary alicyclic amines) is 1. The molecule has 0 spiro atoms. The summed E-state index contributed by atoms with van der Waals surface area (Å²) in [6.07, 6.45) is 2.55. The van der Waals surface area contributed by atoms with Gasteiger partial charge in [0.25, 0.3) is 5.91 Å². The van der Waals surface area contributed by atoms with Gasteiger partial charge in [0.05, 0.1) is 11.2 Å². The van der Waals surface area contributed by atoms with Gasteiger partial charge in [-0.05, 0) is 26.9 Å². The van der Waals surface area contributed by atoms with E-state index in [1.165, 1.54) is 6.20 Å². The second-order valence-corrected chi connectivity index (χ2v) is 5.93. The van der Waals surface area contributed by atoms with Crippen molar-refractivity contribution in [2.45, 2.75) is 26.3 Å². The lowest BCUT2D eigenvalue weighted by molar-refractivity contribution is 0.0775. The highest BCUT2D eigenvalue weighted by Crippen LogP contribution is 2.25. The van der Waals surface area contributed by atoms with Gasteiger partial charge in [-0.2, -0.15) is 0 Å². The fraction of sp³-hybridized carbons (Fsp3) is 0.643. The van der Waals surface area contributed by atoms with Crippen LogP contribution in [-0.2, 0) is 0 Å². The van der Waals surface area contributed by atoms with Crippen LogP contribution in [-0.4, -0.2) is 58.9 Å². The van der Waals surface area contributed by atoms with Crippen molar-refractivity contribution in [1.29, 1.82) is 0 Å². The number of halogens is 1. The molecule has 6 heteroatoms. The van der Waals surface area contributed by atoms with E-state index < -0.39 is 0 Å². The maximum atomic E-state index is 12.6. The first-order valence-electron chi connectivity index (χ1n) is 6.88. The van der Waals surface area contributed by atoms with Crippen LogP contribution >= 0.6 is 11.6 Å². The summed E-state index contributed by atoms with van der Waals surface area (Å²) in [6.45, 7) is 5.41. The Kier molecular flexibility index (Phi) is 4.60. The maximum absolute atomic E-state index is 12.6. The van der Waals surface area contributed by atoms with E-state index in [1.54, 1.807) is 6.92 Å². The number of likely N-dealkylation sites (N-methyl/N-ethyl adjacent to an activating group) is 1. The second kappa shape index (κ2) is 6.06. The molecule has 5 nitrogen and oxygen atoms in total. The molecule has 2 heterocycles. The Hall–Kier alpha value is -1.20. The molecule has 0 unspecified atom stereocenters. The maximum Gasteiger partial charge on any atom is 0.274 e. The third kappa shape index (κ3) is 2.94. The Balaban J connectivity index is 2.20. The Morgan fingerprint density at radius 2 is 2.20 bits per heavy atom. The van der Waals surface area contributed by atoms with Crippen LogP contribution < -0.4 is 0 Å². The Morgan fingerprint density at radius 1 is 1.50 bits per heavy atom. The zero-order valence-corrected chi connectivity index (χ0v) is 13.2. The molecule has 20 heavy (non-hydrogen) atoms. The van der Waals surface area contributed by atoms with Gasteiger partial charge in [0.2, 0.25) is 0 Å². The number of nitrogens with zero attached hydrogens (tertiary/aromatic N) is 4. The first-order valence-corrected chi connectivity index (χ1v) is 7.26. The Labute approximate surface area is 124 Å². The van der Waals surface area contributed by atoms with E-state index in [4.69, 9.17) is 11.6 Å². The molecule has 1 amide bonds. The lowest BCUT2D eigenvalue weighted by Crippen LogP contribution is -2.36. The third-order valence-electron chi connectivity index (χ3n) is 3.95. The zero-order chi connectivity index (χ0) is 14.9. The summed E-state index contributed by atoms with van der Waals surface area (Å²) in [7, 11) is 4.12. The van der Waals surface area contributed by atoms with E-state index in [1.807, 2.05) is 4.90 Å². The topological polar surface area (TPSA) is 49.3 Å². The molecule has 0 saturated carbocycles. The number of hydrogen-bond acceptors (Lipinski definition) is 4. The molecule has 0 aromatic carbocycles. The smallest absolute Gasteiger partial charge is 0.274 e. The monoisotopic (exact) mass is 296 g/mol. The van der Waals surface area contributed by atoms with Gasteiger partial charge in [-0.3, -0.25) is 4.79 Å². The summed E-state index contributed by atoms with van der Waals surface area (Å²) in [5.74, 6) is 0.965. The largest absolute Gasteiger partial charge is 0.335 e. The SMILES string of the molecule is CC[C@@H]1CN(C(=O)c2nc(C)ncc2Cl)C[C@@H]1N(C)C. The van der Waals surface area contributed by atoms with Crippen LogP contribution in [0.3, 0.4) is 0 Å². The highest BCUT2D eigenvalue weighted by Gasteiger charge is 2.36. The Morgan fingerprint density at radius 3 is 2.75 bits per heavy atom. The molecule has 0 bridgehead atoms. The van der Waals surface area contributed by atoms with Gasteiger partial charge in [0.1, 0.15) is 5.82 Å². The molecule has 1 aliphatic heterocycles. The number of aromatic nitrogens is 2. The standard InChI is InChI=1S/C14H21ClN4O/c1-5-10-7-19(8-12(10)18(3)4)14(20)13-11(15)6-16-9(2)17-13/h6,10,12H,5,7-8H2,1-4H3/t10-,12+/m1/s1. The third-order valence-corrected chi connectivity index (χ3v) is 4.23. The summed E-state index contributed by atoms with van der Waals surface area (Å²) in [6, 6.07) is 0.394. The minimum atomic E-state index is -0.0942. The van der Waals surface area contributed by atoms with Crippen LogP contribution in [0.15, 0.2) is 6.20 Å². The number of hydrogen-bond donors (Lipinski definition) is 0. The van der Waals surface area contributed by atoms with Crippen molar-refractivity contribution in [2.24, 2.45) is 5.92 Å². The zero-order valence-electron chi connectivity index (χ0n) is 12.4. The minimum Gasteiger partial charge on any atom is -0.335 e. The number of carbonyl (C=O) groups excluding carboxylic acids is 1. The normalized spacial score (nSPS) is 22.6. The highest BCUT2D eigenvalue weighted by atomic mass is 35.5. The van der Waals surface area contributed by atoms with Gasteiger partial charge < -0.3 is 9.80 Å². The van der Waals surface area contributed by atoms with Crippen molar-refractivity contribution < 1.29 is 4.79 Å². The molecule has 1 aliphatic rings. The van der Waals surface area contributed by atoms with Crippen molar-refractivity contribution in [3.63, 3.8) is 0 Å². The number of aryl methyl sites for hydroxylation is 1. The molecule has 0 N–H and O–H groups in total. The summed E-state index contributed by atoms with van der Waals surface area (Å²) in [5.41, 5.74) is 0.313. The molecule has 0 aliphatic carbocycles. The van der Waals surface area contributed by atoms with Crippen LogP contribution in [0.25, 0.3) is 0 Å². The van der Waals surface area contributed by atoms with Gasteiger partial charge in [0.15, 0.2) is 5.69 Å². The first kappa shape index (κ1) is 15.2. The summed E-state index contributed by atoms with van der Waals surface area (Å²) >= 11 is 6.06. The molecule has 1 aromatic rings. The van der Waals surface area contributed by atoms with E-state index >= 15 is 0 Å². The van der Waals surface area contributed by atoms with Crippen LogP contribution in [0.4, 0.5) is 0 Å². The number of amides is 1. The highest BCUT2D eigenvalue weighted by molar-refractivity contribution is 6.33. The second-order valence-electron chi connectivity index (χ2n) is 5.52. The van der Waals surface area contributed by atoms with E-state index in [0.717, 1.165) is 19.5 Å². The first-order chi connectivity index (χ1) is 9.43. The summed E-state index contributed by atoms with van der Waals surface area (Å²) < 4.78 is 0. The summed E-state index contributed by atoms with van der Waals surface area (Å²) in [5, 5.41) is 0.321. The van der Waals surface area contributed by atoms with Gasteiger partial charge in [0, 0.05) is 19.1 Å². The average molecular weight is 297 g/mol. The quantitative estimate of drug-likeness (QED) is 0.854. The van der Waals surface area contributed by atoms with Crippen molar-refractivity contribution >= 4 is 17.5 Å². The van der Waals surface area contributed by atoms with Gasteiger partial charge >= 0.3 is 0 Å². The van der Waals surface area contributed by atoms with Crippen molar-refractivity contribution in [1.82, 2.24) is 19.8 Å². The molecular weight excluding hydrogens is 276 g/mol. The van der Waals surface area contributed by atoms with Gasteiger partial charge in [-0.15, -0.1) is 0 Å². The Bertz CT molecular complexity index is 506. The fourth-order valence-corrected chi connectivity index (χ4v) is 2.93. The van der Waals surface area contributed by atoms with E-state index in [0.29, 0.717) is 28.5 Å². The molecule has 1 fully saturated rings. The fourth-order valence-electron chi connectivity index (χ4n) is 2.76. The molecule has 1 aromatic heterocycles. The minimum absolute atomic E-state index is 0.0942. The number of rotatable bonds is 3. The van der Waals surface area contributed by atoms with Crippen LogP contribution in [0.2, 0.25) is 5.02 Å². The van der Waals surface area contributed by atoms with Crippen molar-refractivity contribution in [2.75, 3.05) is 27.2 Å². The van der Waals surface area contributed by atoms with Crippen molar-refractivity contribution in [3.8, 4) is 0 Å². The van der Waals surface area contributed by atoms with E-state index in [-0.39, 0.29) is 5.91 Å². The van der Waals surface area contributed by atoms with E-state index in [9.17, 15) is 4.79 Å². The molecule has 0 radical (unpaired) electrons. The van der Waals surface area contributed by atoms with Gasteiger partial charge in [-0.25, -0.2) is 9.97 Å². The number of carbonyl (C=O) groups is 1. The lowest BCUT2D eigenvalue weighted by atomic mass is 10.0. The van der Waals surface area contributed by atoms with Crippen LogP contribution in [0, 0.1) is 12.8 Å². The van der Waals surface area contributed by atoms with Crippen LogP contribution in [0.5, 0.6) is 0 Å². The summed E-state index contributed by atoms with van der Waals surface area (Å²) in [4.78, 5) is 24.8. The molecule has 2 rings (SSSR count). The molecular formula is C14H21ClN4O. The van der Waals surface area contributed by atoms with Crippen molar-refractivity contribution in [3.05, 3.63) is 22.7 Å². The van der Waals surface area contributed by atoms with Gasteiger partial charge in [-0.1, -0.05) is 24.9 Å². The molecule has 110 valence electrons. The molecule has 2 atom stereocenters. The molecule has 1 saturated heterocycles. The predicted octanol–water partition coefficient (Wildman–Crippen LogP) is 1.85. The van der Waals surface area contributed by atoms with Crippen LogP contribution in [0.1, 0.15) is 29.7 Å². The van der Waals surface area contributed by atoms with E-state index in [2.05, 4.69) is 35.9 Å².